The summed E-state index contributed by atoms with van der Waals surface area (Å²) in [5.41, 5.74) is 0. The molecule has 0 spiro atoms. The first kappa shape index (κ1) is 18.7. The van der Waals surface area contributed by atoms with Crippen LogP contribution in [0.4, 0.5) is 0 Å². The smallest absolute Gasteiger partial charge is 0.244 e. The lowest BCUT2D eigenvalue weighted by Gasteiger charge is -2.30. The second kappa shape index (κ2) is 7.78. The summed E-state index contributed by atoms with van der Waals surface area (Å²) in [5.74, 6) is 0.654. The number of methoxy groups -OCH3 is 1. The van der Waals surface area contributed by atoms with Crippen molar-refractivity contribution in [3.05, 3.63) is 22.7 Å². The van der Waals surface area contributed by atoms with Crippen molar-refractivity contribution in [3.63, 3.8) is 0 Å². The molecule has 1 aliphatic heterocycles. The predicted molar refractivity (Wildman–Crippen MR) is 88.7 cm³/mol. The van der Waals surface area contributed by atoms with Crippen molar-refractivity contribution in [2.24, 2.45) is 5.92 Å². The molecule has 2 unspecified atom stereocenters. The lowest BCUT2D eigenvalue weighted by Crippen LogP contribution is -2.50. The van der Waals surface area contributed by atoms with E-state index in [9.17, 15) is 8.42 Å². The van der Waals surface area contributed by atoms with E-state index >= 15 is 0 Å². The maximum Gasteiger partial charge on any atom is 0.244 e. The Morgan fingerprint density at radius 2 is 2.14 bits per heavy atom. The fourth-order valence-electron chi connectivity index (χ4n) is 2.27. The molecule has 21 heavy (non-hydrogen) atoms. The van der Waals surface area contributed by atoms with Crippen LogP contribution in [0.15, 0.2) is 27.6 Å². The molecule has 1 aliphatic rings. The van der Waals surface area contributed by atoms with Crippen molar-refractivity contribution in [2.75, 3.05) is 20.2 Å². The quantitative estimate of drug-likeness (QED) is 0.814. The molecule has 0 saturated carbocycles. The van der Waals surface area contributed by atoms with Gasteiger partial charge in [0.05, 0.1) is 7.11 Å². The topological polar surface area (TPSA) is 67.4 Å². The number of benzene rings is 1. The highest BCUT2D eigenvalue weighted by Gasteiger charge is 2.28. The van der Waals surface area contributed by atoms with Crippen LogP contribution in [0.1, 0.15) is 13.3 Å². The Morgan fingerprint density at radius 1 is 1.43 bits per heavy atom. The summed E-state index contributed by atoms with van der Waals surface area (Å²) >= 11 is 3.29. The maximum absolute atomic E-state index is 12.5. The first-order valence-electron chi connectivity index (χ1n) is 6.50. The molecule has 0 radical (unpaired) electrons. The van der Waals surface area contributed by atoms with E-state index in [4.69, 9.17) is 4.74 Å². The van der Waals surface area contributed by atoms with Gasteiger partial charge < -0.3 is 10.1 Å². The van der Waals surface area contributed by atoms with Gasteiger partial charge in [-0.15, -0.1) is 12.4 Å². The molecular weight excluding hydrogens is 380 g/mol. The number of sulfonamides is 1. The van der Waals surface area contributed by atoms with E-state index < -0.39 is 10.0 Å². The van der Waals surface area contributed by atoms with Gasteiger partial charge in [0.1, 0.15) is 10.6 Å². The van der Waals surface area contributed by atoms with Crippen molar-refractivity contribution >= 4 is 38.4 Å². The molecule has 1 saturated heterocycles. The second-order valence-electron chi connectivity index (χ2n) is 4.99. The molecule has 1 aromatic rings. The SMILES string of the molecule is COc1ccc(Br)cc1S(=O)(=O)NC1CNCCC1C.Cl. The van der Waals surface area contributed by atoms with Crippen molar-refractivity contribution in [3.8, 4) is 5.75 Å². The zero-order valence-corrected chi connectivity index (χ0v) is 15.1. The zero-order valence-electron chi connectivity index (χ0n) is 11.9. The number of piperidine rings is 1. The molecule has 1 heterocycles. The average Bonchev–Trinajstić information content (AvgIpc) is 2.41. The molecule has 2 atom stereocenters. The Bertz CT molecular complexity index is 583. The minimum atomic E-state index is -3.60. The largest absolute Gasteiger partial charge is 0.495 e. The summed E-state index contributed by atoms with van der Waals surface area (Å²) in [6, 6.07) is 4.85. The molecule has 0 aliphatic carbocycles. The van der Waals surface area contributed by atoms with E-state index in [1.807, 2.05) is 0 Å². The molecule has 0 amide bonds. The van der Waals surface area contributed by atoms with Crippen LogP contribution in [0, 0.1) is 5.92 Å². The van der Waals surface area contributed by atoms with Crippen LogP contribution in [0.2, 0.25) is 0 Å². The lowest BCUT2D eigenvalue weighted by molar-refractivity contribution is 0.326. The van der Waals surface area contributed by atoms with Crippen LogP contribution in [-0.4, -0.2) is 34.7 Å². The Balaban J connectivity index is 0.00000220. The average molecular weight is 400 g/mol. The van der Waals surface area contributed by atoms with Gasteiger partial charge in [0.15, 0.2) is 0 Å². The molecule has 5 nitrogen and oxygen atoms in total. The molecule has 120 valence electrons. The van der Waals surface area contributed by atoms with Crippen molar-refractivity contribution in [1.29, 1.82) is 0 Å². The summed E-state index contributed by atoms with van der Waals surface area (Å²) in [4.78, 5) is 0.159. The van der Waals surface area contributed by atoms with E-state index in [0.29, 0.717) is 22.7 Å². The van der Waals surface area contributed by atoms with Crippen LogP contribution in [0.25, 0.3) is 0 Å². The number of ether oxygens (including phenoxy) is 1. The van der Waals surface area contributed by atoms with E-state index in [2.05, 4.69) is 32.9 Å². The summed E-state index contributed by atoms with van der Waals surface area (Å²) in [5, 5.41) is 3.21. The fourth-order valence-corrected chi connectivity index (χ4v) is 4.32. The van der Waals surface area contributed by atoms with Gasteiger partial charge in [-0.1, -0.05) is 22.9 Å². The minimum absolute atomic E-state index is 0. The standard InChI is InChI=1S/C13H19BrN2O3S.ClH/c1-9-5-6-15-8-11(9)16-20(17,18)13-7-10(14)3-4-12(13)19-2;/h3-4,7,9,11,15-16H,5-6,8H2,1-2H3;1H. The van der Waals surface area contributed by atoms with Gasteiger partial charge in [0.2, 0.25) is 10.0 Å². The molecule has 2 N–H and O–H groups in total. The van der Waals surface area contributed by atoms with E-state index in [1.165, 1.54) is 7.11 Å². The monoisotopic (exact) mass is 398 g/mol. The normalized spacial score (nSPS) is 22.4. The van der Waals surface area contributed by atoms with Crippen LogP contribution in [0.3, 0.4) is 0 Å². The molecule has 1 aromatic carbocycles. The lowest BCUT2D eigenvalue weighted by atomic mass is 9.96. The van der Waals surface area contributed by atoms with E-state index in [1.54, 1.807) is 18.2 Å². The Labute approximate surface area is 140 Å². The number of rotatable bonds is 4. The molecule has 8 heteroatoms. The first-order valence-corrected chi connectivity index (χ1v) is 8.78. The third kappa shape index (κ3) is 4.56. The second-order valence-corrected chi connectivity index (χ2v) is 7.59. The van der Waals surface area contributed by atoms with E-state index in [0.717, 1.165) is 13.0 Å². The van der Waals surface area contributed by atoms with Crippen molar-refractivity contribution < 1.29 is 13.2 Å². The molecule has 0 bridgehead atoms. The van der Waals surface area contributed by atoms with Gasteiger partial charge >= 0.3 is 0 Å². The summed E-state index contributed by atoms with van der Waals surface area (Å²) in [6.07, 6.45) is 0.961. The van der Waals surface area contributed by atoms with Gasteiger partial charge in [-0.05, 0) is 37.1 Å². The highest BCUT2D eigenvalue weighted by atomic mass is 79.9. The van der Waals surface area contributed by atoms with Crippen LogP contribution >= 0.6 is 28.3 Å². The molecule has 2 rings (SSSR count). The molecular formula is C13H20BrClN2O3S. The number of hydrogen-bond donors (Lipinski definition) is 2. The van der Waals surface area contributed by atoms with Crippen LogP contribution < -0.4 is 14.8 Å². The Morgan fingerprint density at radius 3 is 2.76 bits per heavy atom. The van der Waals surface area contributed by atoms with Crippen molar-refractivity contribution in [2.45, 2.75) is 24.3 Å². The fraction of sp³-hybridized carbons (Fsp3) is 0.538. The molecule has 0 aromatic heterocycles. The Kier molecular flexibility index (Phi) is 6.93. The van der Waals surface area contributed by atoms with Gasteiger partial charge in [0, 0.05) is 17.1 Å². The van der Waals surface area contributed by atoms with Gasteiger partial charge in [-0.3, -0.25) is 0 Å². The summed E-state index contributed by atoms with van der Waals surface area (Å²) in [7, 11) is -2.14. The van der Waals surface area contributed by atoms with E-state index in [-0.39, 0.29) is 23.3 Å². The maximum atomic E-state index is 12.5. The first-order chi connectivity index (χ1) is 9.44. The number of halogens is 2. The molecule has 1 fully saturated rings. The summed E-state index contributed by atoms with van der Waals surface area (Å²) in [6.45, 7) is 3.64. The van der Waals surface area contributed by atoms with Crippen molar-refractivity contribution in [1.82, 2.24) is 10.0 Å². The van der Waals surface area contributed by atoms with Gasteiger partial charge in [0.25, 0.3) is 0 Å². The van der Waals surface area contributed by atoms with Crippen LogP contribution in [0.5, 0.6) is 5.75 Å². The number of hydrogen-bond acceptors (Lipinski definition) is 4. The Hall–Kier alpha value is -0.340. The number of nitrogens with one attached hydrogen (secondary N) is 2. The zero-order chi connectivity index (χ0) is 14.8. The minimum Gasteiger partial charge on any atom is -0.495 e. The predicted octanol–water partition coefficient (Wildman–Crippen LogP) is 2.16. The highest BCUT2D eigenvalue weighted by Crippen LogP contribution is 2.28. The third-order valence-electron chi connectivity index (χ3n) is 3.55. The van der Waals surface area contributed by atoms with Crippen LogP contribution in [-0.2, 0) is 10.0 Å². The van der Waals surface area contributed by atoms with Gasteiger partial charge in [-0.25, -0.2) is 13.1 Å². The highest BCUT2D eigenvalue weighted by molar-refractivity contribution is 9.10. The third-order valence-corrected chi connectivity index (χ3v) is 5.55. The summed E-state index contributed by atoms with van der Waals surface area (Å²) < 4.78 is 33.7. The van der Waals surface area contributed by atoms with Gasteiger partial charge in [-0.2, -0.15) is 0 Å².